The molecule has 1 aliphatic carbocycles. The molecule has 1 heteroatoms. The molecule has 1 saturated carbocycles. The van der Waals surface area contributed by atoms with E-state index in [1.165, 1.54) is 0 Å². The van der Waals surface area contributed by atoms with Gasteiger partial charge in [-0.3, -0.25) is 4.79 Å². The second kappa shape index (κ2) is 2.51. The van der Waals surface area contributed by atoms with Crippen LogP contribution < -0.4 is 0 Å². The number of carbonyl (C=O) groups is 1. The van der Waals surface area contributed by atoms with Crippen molar-refractivity contribution >= 4 is 5.78 Å². The zero-order valence-corrected chi connectivity index (χ0v) is 6.18. The SMILES string of the molecule is CC[C@@H]1C(=O)CC[C@@H]1C. The molecule has 1 aliphatic rings. The Morgan fingerprint density at radius 2 is 2.33 bits per heavy atom. The van der Waals surface area contributed by atoms with Gasteiger partial charge in [0.05, 0.1) is 0 Å². The maximum Gasteiger partial charge on any atom is 0.136 e. The van der Waals surface area contributed by atoms with Crippen LogP contribution >= 0.6 is 0 Å². The molecule has 0 aromatic rings. The molecule has 1 fully saturated rings. The summed E-state index contributed by atoms with van der Waals surface area (Å²) >= 11 is 0. The van der Waals surface area contributed by atoms with Crippen molar-refractivity contribution in [2.24, 2.45) is 11.8 Å². The molecule has 0 bridgehead atoms. The quantitative estimate of drug-likeness (QED) is 0.525. The molecule has 0 amide bonds. The number of Topliss-reactive ketones (excluding diaryl/α,β-unsaturated/α-hetero) is 1. The Kier molecular flexibility index (Phi) is 1.89. The minimum atomic E-state index is 0.394. The van der Waals surface area contributed by atoms with Gasteiger partial charge in [-0.25, -0.2) is 0 Å². The summed E-state index contributed by atoms with van der Waals surface area (Å²) in [6.07, 6.45) is 3.00. The zero-order chi connectivity index (χ0) is 6.85. The van der Waals surface area contributed by atoms with Crippen LogP contribution in [0.15, 0.2) is 0 Å². The fraction of sp³-hybridized carbons (Fsp3) is 0.875. The maximum absolute atomic E-state index is 11.0. The number of carbonyl (C=O) groups excluding carboxylic acids is 1. The molecule has 2 atom stereocenters. The molecular weight excluding hydrogens is 112 g/mol. The molecule has 0 aromatic heterocycles. The summed E-state index contributed by atoms with van der Waals surface area (Å²) in [6, 6.07) is 0. The predicted octanol–water partition coefficient (Wildman–Crippen LogP) is 2.01. The van der Waals surface area contributed by atoms with Crippen LogP contribution in [0.2, 0.25) is 0 Å². The van der Waals surface area contributed by atoms with Gasteiger partial charge in [-0.15, -0.1) is 0 Å². The first kappa shape index (κ1) is 6.79. The largest absolute Gasteiger partial charge is 0.299 e. The molecule has 1 nitrogen and oxygen atoms in total. The fourth-order valence-electron chi connectivity index (χ4n) is 1.70. The molecule has 0 spiro atoms. The second-order valence-corrected chi connectivity index (χ2v) is 3.00. The van der Waals surface area contributed by atoms with Crippen LogP contribution in [0.3, 0.4) is 0 Å². The third kappa shape index (κ3) is 1.15. The van der Waals surface area contributed by atoms with Gasteiger partial charge in [0.15, 0.2) is 0 Å². The highest BCUT2D eigenvalue weighted by atomic mass is 16.1. The third-order valence-electron chi connectivity index (χ3n) is 2.39. The molecule has 0 heterocycles. The lowest BCUT2D eigenvalue weighted by atomic mass is 9.95. The average Bonchev–Trinajstić information content (AvgIpc) is 2.12. The van der Waals surface area contributed by atoms with E-state index < -0.39 is 0 Å². The van der Waals surface area contributed by atoms with Crippen LogP contribution in [-0.2, 0) is 4.79 Å². The number of rotatable bonds is 1. The summed E-state index contributed by atoms with van der Waals surface area (Å²) in [7, 11) is 0. The van der Waals surface area contributed by atoms with Gasteiger partial charge in [-0.1, -0.05) is 13.8 Å². The van der Waals surface area contributed by atoms with Crippen LogP contribution in [0, 0.1) is 11.8 Å². The van der Waals surface area contributed by atoms with Crippen molar-refractivity contribution in [3.63, 3.8) is 0 Å². The van der Waals surface area contributed by atoms with Crippen LogP contribution in [0.25, 0.3) is 0 Å². The van der Waals surface area contributed by atoms with Gasteiger partial charge in [-0.05, 0) is 18.8 Å². The number of hydrogen-bond donors (Lipinski definition) is 0. The molecule has 52 valence electrons. The van der Waals surface area contributed by atoms with E-state index in [1.54, 1.807) is 0 Å². The van der Waals surface area contributed by atoms with E-state index in [0.29, 0.717) is 17.6 Å². The Hall–Kier alpha value is -0.330. The minimum absolute atomic E-state index is 0.394. The Morgan fingerprint density at radius 1 is 1.67 bits per heavy atom. The third-order valence-corrected chi connectivity index (χ3v) is 2.39. The smallest absolute Gasteiger partial charge is 0.136 e. The minimum Gasteiger partial charge on any atom is -0.299 e. The van der Waals surface area contributed by atoms with E-state index in [1.807, 2.05) is 0 Å². The normalized spacial score (nSPS) is 35.6. The highest BCUT2D eigenvalue weighted by Crippen LogP contribution is 2.29. The van der Waals surface area contributed by atoms with Gasteiger partial charge in [-0.2, -0.15) is 0 Å². The van der Waals surface area contributed by atoms with Crippen LogP contribution in [-0.4, -0.2) is 5.78 Å². The first-order valence-corrected chi connectivity index (χ1v) is 3.78. The fourth-order valence-corrected chi connectivity index (χ4v) is 1.70. The van der Waals surface area contributed by atoms with Crippen molar-refractivity contribution in [3.8, 4) is 0 Å². The summed E-state index contributed by atoms with van der Waals surface area (Å²) in [5.74, 6) is 1.54. The summed E-state index contributed by atoms with van der Waals surface area (Å²) in [4.78, 5) is 11.0. The Labute approximate surface area is 56.4 Å². The van der Waals surface area contributed by atoms with Gasteiger partial charge < -0.3 is 0 Å². The van der Waals surface area contributed by atoms with Gasteiger partial charge in [0.2, 0.25) is 0 Å². The predicted molar refractivity (Wildman–Crippen MR) is 37.2 cm³/mol. The summed E-state index contributed by atoms with van der Waals surface area (Å²) in [6.45, 7) is 4.28. The van der Waals surface area contributed by atoms with Crippen LogP contribution in [0.4, 0.5) is 0 Å². The van der Waals surface area contributed by atoms with Gasteiger partial charge in [0.1, 0.15) is 5.78 Å². The Balaban J connectivity index is 2.55. The van der Waals surface area contributed by atoms with Crippen molar-refractivity contribution in [2.75, 3.05) is 0 Å². The van der Waals surface area contributed by atoms with E-state index in [4.69, 9.17) is 0 Å². The van der Waals surface area contributed by atoms with Crippen molar-refractivity contribution in [2.45, 2.75) is 33.1 Å². The average molecular weight is 126 g/mol. The summed E-state index contributed by atoms with van der Waals surface area (Å²) < 4.78 is 0. The number of hydrogen-bond acceptors (Lipinski definition) is 1. The molecule has 0 saturated heterocycles. The molecule has 0 aliphatic heterocycles. The Bertz CT molecular complexity index is 118. The lowest BCUT2D eigenvalue weighted by Gasteiger charge is -2.08. The van der Waals surface area contributed by atoms with E-state index in [-0.39, 0.29) is 0 Å². The van der Waals surface area contributed by atoms with Gasteiger partial charge in [0, 0.05) is 12.3 Å². The summed E-state index contributed by atoms with van der Waals surface area (Å²) in [5, 5.41) is 0. The van der Waals surface area contributed by atoms with Crippen LogP contribution in [0.5, 0.6) is 0 Å². The van der Waals surface area contributed by atoms with Crippen molar-refractivity contribution in [3.05, 3.63) is 0 Å². The Morgan fingerprint density at radius 3 is 2.56 bits per heavy atom. The second-order valence-electron chi connectivity index (χ2n) is 3.00. The van der Waals surface area contributed by atoms with Crippen molar-refractivity contribution < 1.29 is 4.79 Å². The van der Waals surface area contributed by atoms with E-state index in [9.17, 15) is 4.79 Å². The topological polar surface area (TPSA) is 17.1 Å². The van der Waals surface area contributed by atoms with Crippen molar-refractivity contribution in [1.82, 2.24) is 0 Å². The lowest BCUT2D eigenvalue weighted by Crippen LogP contribution is -2.10. The number of ketones is 1. The first-order chi connectivity index (χ1) is 4.25. The highest BCUT2D eigenvalue weighted by molar-refractivity contribution is 5.83. The zero-order valence-electron chi connectivity index (χ0n) is 6.18. The van der Waals surface area contributed by atoms with Gasteiger partial charge in [0.25, 0.3) is 0 Å². The molecule has 1 rings (SSSR count). The summed E-state index contributed by atoms with van der Waals surface area (Å²) in [5.41, 5.74) is 0. The van der Waals surface area contributed by atoms with Crippen molar-refractivity contribution in [1.29, 1.82) is 0 Å². The molecule has 0 radical (unpaired) electrons. The van der Waals surface area contributed by atoms with E-state index in [2.05, 4.69) is 13.8 Å². The standard InChI is InChI=1S/C8H14O/c1-3-7-6(2)4-5-8(7)9/h6-7H,3-5H2,1-2H3/t6-,7-/m0/s1. The van der Waals surface area contributed by atoms with Crippen LogP contribution in [0.1, 0.15) is 33.1 Å². The first-order valence-electron chi connectivity index (χ1n) is 3.78. The van der Waals surface area contributed by atoms with E-state index in [0.717, 1.165) is 19.3 Å². The monoisotopic (exact) mass is 126 g/mol. The molecule has 9 heavy (non-hydrogen) atoms. The molecular formula is C8H14O. The highest BCUT2D eigenvalue weighted by Gasteiger charge is 2.29. The van der Waals surface area contributed by atoms with E-state index >= 15 is 0 Å². The lowest BCUT2D eigenvalue weighted by molar-refractivity contribution is -0.121. The molecule has 0 N–H and O–H groups in total. The molecule has 0 aromatic carbocycles. The van der Waals surface area contributed by atoms with Gasteiger partial charge >= 0.3 is 0 Å². The molecule has 0 unspecified atom stereocenters. The maximum atomic E-state index is 11.0.